The summed E-state index contributed by atoms with van der Waals surface area (Å²) < 4.78 is 23.9. The van der Waals surface area contributed by atoms with E-state index in [1.54, 1.807) is 29.5 Å². The van der Waals surface area contributed by atoms with E-state index in [1.165, 1.54) is 6.26 Å². The first kappa shape index (κ1) is 22.1. The van der Waals surface area contributed by atoms with Crippen molar-refractivity contribution in [2.75, 3.05) is 11.3 Å². The Hall–Kier alpha value is -2.12. The van der Waals surface area contributed by atoms with Crippen molar-refractivity contribution in [1.82, 2.24) is 5.43 Å². The van der Waals surface area contributed by atoms with Gasteiger partial charge < -0.3 is 0 Å². The molecule has 0 spiro atoms. The van der Waals surface area contributed by atoms with Crippen LogP contribution >= 0.6 is 22.9 Å². The van der Waals surface area contributed by atoms with Gasteiger partial charge in [0.15, 0.2) is 9.84 Å². The second kappa shape index (κ2) is 8.10. The minimum absolute atomic E-state index is 0.0190. The highest BCUT2D eigenvalue weighted by Crippen LogP contribution is 2.41. The zero-order chi connectivity index (χ0) is 22.4. The van der Waals surface area contributed by atoms with Gasteiger partial charge in [0.2, 0.25) is 0 Å². The number of halogens is 1. The van der Waals surface area contributed by atoms with E-state index in [9.17, 15) is 8.42 Å². The molecular weight excluding hydrogens is 448 g/mol. The molecule has 31 heavy (non-hydrogen) atoms. The maximum Gasteiger partial charge on any atom is 0.175 e. The van der Waals surface area contributed by atoms with Crippen LogP contribution in [0.2, 0.25) is 5.02 Å². The SMILES string of the molecule is CC(C)(C)C1C=C(c2ccc(-c3cccc(S(C)(=O)=O)c3)s2)N(c2ccccc2Cl)N1. The number of nitrogens with one attached hydrogen (secondary N) is 1. The van der Waals surface area contributed by atoms with Gasteiger partial charge in [-0.3, -0.25) is 5.01 Å². The fraction of sp³-hybridized carbons (Fsp3) is 0.250. The van der Waals surface area contributed by atoms with Crippen LogP contribution in [0.25, 0.3) is 16.1 Å². The van der Waals surface area contributed by atoms with Gasteiger partial charge >= 0.3 is 0 Å². The van der Waals surface area contributed by atoms with Crippen molar-refractivity contribution in [2.24, 2.45) is 5.41 Å². The van der Waals surface area contributed by atoms with E-state index in [-0.39, 0.29) is 11.5 Å². The largest absolute Gasteiger partial charge is 0.274 e. The quantitative estimate of drug-likeness (QED) is 0.487. The zero-order valence-corrected chi connectivity index (χ0v) is 20.3. The topological polar surface area (TPSA) is 49.4 Å². The minimum Gasteiger partial charge on any atom is -0.274 e. The molecule has 0 saturated carbocycles. The summed E-state index contributed by atoms with van der Waals surface area (Å²) in [6.45, 7) is 6.60. The van der Waals surface area contributed by atoms with Crippen molar-refractivity contribution in [3.05, 3.63) is 76.6 Å². The molecule has 162 valence electrons. The average molecular weight is 473 g/mol. The summed E-state index contributed by atoms with van der Waals surface area (Å²) >= 11 is 8.15. The molecule has 0 aliphatic carbocycles. The van der Waals surface area contributed by atoms with Crippen LogP contribution in [-0.2, 0) is 9.84 Å². The number of hydrogen-bond acceptors (Lipinski definition) is 5. The van der Waals surface area contributed by atoms with Gasteiger partial charge in [-0.15, -0.1) is 11.3 Å². The Morgan fingerprint density at radius 2 is 1.71 bits per heavy atom. The number of anilines is 1. The highest BCUT2D eigenvalue weighted by atomic mass is 35.5. The summed E-state index contributed by atoms with van der Waals surface area (Å²) in [5.74, 6) is 0. The summed E-state index contributed by atoms with van der Waals surface area (Å²) in [6.07, 6.45) is 3.47. The predicted octanol–water partition coefficient (Wildman–Crippen LogP) is 6.25. The van der Waals surface area contributed by atoms with Gasteiger partial charge in [0.25, 0.3) is 0 Å². The van der Waals surface area contributed by atoms with E-state index in [4.69, 9.17) is 11.6 Å². The molecule has 2 heterocycles. The molecule has 1 atom stereocenters. The molecule has 0 saturated heterocycles. The lowest BCUT2D eigenvalue weighted by atomic mass is 9.87. The molecule has 7 heteroatoms. The molecule has 0 fully saturated rings. The molecule has 1 unspecified atom stereocenters. The smallest absolute Gasteiger partial charge is 0.175 e. The van der Waals surface area contributed by atoms with Crippen LogP contribution in [0.4, 0.5) is 5.69 Å². The van der Waals surface area contributed by atoms with E-state index < -0.39 is 9.84 Å². The van der Waals surface area contributed by atoms with Gasteiger partial charge in [-0.1, -0.05) is 56.6 Å². The second-order valence-electron chi connectivity index (χ2n) is 8.78. The first-order valence-electron chi connectivity index (χ1n) is 9.97. The summed E-state index contributed by atoms with van der Waals surface area (Å²) in [6, 6.07) is 19.1. The standard InChI is InChI=1S/C24H25ClN2O2S2/c1-24(2,3)23-15-20(27(26-23)19-11-6-5-10-18(19)25)22-13-12-21(30-22)16-8-7-9-17(14-16)31(4,28)29/h5-15,23,26H,1-4H3. The van der Waals surface area contributed by atoms with Gasteiger partial charge in [-0.2, -0.15) is 0 Å². The Morgan fingerprint density at radius 1 is 1.00 bits per heavy atom. The number of sulfone groups is 1. The van der Waals surface area contributed by atoms with Crippen LogP contribution in [0.1, 0.15) is 25.6 Å². The lowest BCUT2D eigenvalue weighted by molar-refractivity contribution is 0.326. The van der Waals surface area contributed by atoms with Gasteiger partial charge in [0.05, 0.1) is 32.2 Å². The van der Waals surface area contributed by atoms with Crippen LogP contribution in [-0.4, -0.2) is 20.7 Å². The summed E-state index contributed by atoms with van der Waals surface area (Å²) in [4.78, 5) is 2.42. The molecule has 1 aliphatic heterocycles. The van der Waals surface area contributed by atoms with Gasteiger partial charge in [-0.25, -0.2) is 13.8 Å². The molecule has 0 radical (unpaired) electrons. The fourth-order valence-electron chi connectivity index (χ4n) is 3.46. The molecular formula is C24H25ClN2O2S2. The maximum absolute atomic E-state index is 12.0. The maximum atomic E-state index is 12.0. The molecule has 0 bridgehead atoms. The van der Waals surface area contributed by atoms with E-state index in [1.807, 2.05) is 36.4 Å². The second-order valence-corrected chi connectivity index (χ2v) is 12.3. The van der Waals surface area contributed by atoms with Crippen LogP contribution in [0.15, 0.2) is 71.6 Å². The Bertz CT molecular complexity index is 1260. The van der Waals surface area contributed by atoms with Gasteiger partial charge in [-0.05, 0) is 53.5 Å². The summed E-state index contributed by atoms with van der Waals surface area (Å²) in [7, 11) is -3.26. The van der Waals surface area contributed by atoms with Crippen LogP contribution < -0.4 is 10.4 Å². The monoisotopic (exact) mass is 472 g/mol. The third kappa shape index (κ3) is 4.58. The zero-order valence-electron chi connectivity index (χ0n) is 17.9. The van der Waals surface area contributed by atoms with E-state index >= 15 is 0 Å². The first-order chi connectivity index (χ1) is 14.5. The fourth-order valence-corrected chi connectivity index (χ4v) is 5.36. The molecule has 3 aromatic rings. The van der Waals surface area contributed by atoms with Crippen LogP contribution in [0, 0.1) is 5.41 Å². The summed E-state index contributed by atoms with van der Waals surface area (Å²) in [5.41, 5.74) is 6.45. The number of para-hydroxylation sites is 1. The molecule has 4 nitrogen and oxygen atoms in total. The first-order valence-corrected chi connectivity index (χ1v) is 13.1. The third-order valence-electron chi connectivity index (χ3n) is 5.27. The number of benzene rings is 2. The number of rotatable bonds is 4. The van der Waals surface area contributed by atoms with Crippen LogP contribution in [0.5, 0.6) is 0 Å². The van der Waals surface area contributed by atoms with Gasteiger partial charge in [0.1, 0.15) is 0 Å². The Kier molecular flexibility index (Phi) is 5.77. The average Bonchev–Trinajstić information content (AvgIpc) is 3.35. The van der Waals surface area contributed by atoms with Crippen molar-refractivity contribution in [3.8, 4) is 10.4 Å². The highest BCUT2D eigenvalue weighted by molar-refractivity contribution is 7.90. The van der Waals surface area contributed by atoms with E-state index in [0.717, 1.165) is 26.7 Å². The van der Waals surface area contributed by atoms with Crippen molar-refractivity contribution < 1.29 is 8.42 Å². The van der Waals surface area contributed by atoms with Crippen molar-refractivity contribution in [2.45, 2.75) is 31.7 Å². The Balaban J connectivity index is 1.75. The molecule has 2 aromatic carbocycles. The van der Waals surface area contributed by atoms with Crippen LogP contribution in [0.3, 0.4) is 0 Å². The number of nitrogens with zero attached hydrogens (tertiary/aromatic N) is 1. The lowest BCUT2D eigenvalue weighted by Gasteiger charge is -2.30. The van der Waals surface area contributed by atoms with Crippen molar-refractivity contribution in [3.63, 3.8) is 0 Å². The number of hydrazine groups is 1. The van der Waals surface area contributed by atoms with Crippen molar-refractivity contribution >= 4 is 44.2 Å². The molecule has 0 amide bonds. The predicted molar refractivity (Wildman–Crippen MR) is 131 cm³/mol. The highest BCUT2D eigenvalue weighted by Gasteiger charge is 2.34. The Labute approximate surface area is 193 Å². The lowest BCUT2D eigenvalue weighted by Crippen LogP contribution is -2.43. The number of thiophene rings is 1. The summed E-state index contributed by atoms with van der Waals surface area (Å²) in [5, 5.41) is 2.73. The van der Waals surface area contributed by atoms with Gasteiger partial charge in [0, 0.05) is 11.1 Å². The number of hydrogen-bond donors (Lipinski definition) is 1. The normalized spacial score (nSPS) is 17.1. The van der Waals surface area contributed by atoms with E-state index in [0.29, 0.717) is 9.92 Å². The minimum atomic E-state index is -3.26. The molecule has 4 rings (SSSR count). The third-order valence-corrected chi connectivity index (χ3v) is 7.85. The molecule has 1 aliphatic rings. The Morgan fingerprint density at radius 3 is 2.39 bits per heavy atom. The molecule has 1 aromatic heterocycles. The van der Waals surface area contributed by atoms with E-state index in [2.05, 4.69) is 43.3 Å². The molecule has 1 N–H and O–H groups in total. The van der Waals surface area contributed by atoms with Crippen molar-refractivity contribution in [1.29, 1.82) is 0 Å².